The average Bonchev–Trinajstić information content (AvgIpc) is 4.32. The van der Waals surface area contributed by atoms with Crippen LogP contribution in [0.25, 0.3) is 21.6 Å². The van der Waals surface area contributed by atoms with E-state index in [0.717, 1.165) is 74.7 Å². The van der Waals surface area contributed by atoms with Gasteiger partial charge in [-0.15, -0.1) is 11.3 Å². The van der Waals surface area contributed by atoms with Gasteiger partial charge >= 0.3 is 0 Å². The third-order valence-corrected chi connectivity index (χ3v) is 15.9. The molecule has 21 heteroatoms. The molecule has 6 N–H and O–H groups in total. The summed E-state index contributed by atoms with van der Waals surface area (Å²) in [4.78, 5) is 92.2. The van der Waals surface area contributed by atoms with Crippen LogP contribution in [0.1, 0.15) is 101 Å². The van der Waals surface area contributed by atoms with Crippen LogP contribution in [0.4, 0.5) is 5.69 Å². The molecule has 3 aromatic carbocycles. The molecule has 2 saturated heterocycles. The fraction of sp³-hybridized carbons (Fsp3) is 0.500. The number of rotatable bonds is 28. The van der Waals surface area contributed by atoms with E-state index in [0.29, 0.717) is 49.7 Å². The molecule has 0 bridgehead atoms. The van der Waals surface area contributed by atoms with Gasteiger partial charge in [0.2, 0.25) is 17.7 Å². The van der Waals surface area contributed by atoms with Crippen molar-refractivity contribution >= 4 is 46.6 Å². The number of amides is 5. The van der Waals surface area contributed by atoms with Gasteiger partial charge in [0.15, 0.2) is 0 Å². The fourth-order valence-corrected chi connectivity index (χ4v) is 11.2. The minimum absolute atomic E-state index is 0.0322. The fourth-order valence-electron chi connectivity index (χ4n) is 10.3. The molecular formula is C62H82N8O12S. The lowest BCUT2D eigenvalue weighted by Crippen LogP contribution is -2.58. The highest BCUT2D eigenvalue weighted by molar-refractivity contribution is 7.13. The monoisotopic (exact) mass is 1160 g/mol. The number of hydrogen-bond acceptors (Lipinski definition) is 15. The Labute approximate surface area is 490 Å². The summed E-state index contributed by atoms with van der Waals surface area (Å²) in [6, 6.07) is 19.3. The van der Waals surface area contributed by atoms with Crippen molar-refractivity contribution < 1.29 is 52.8 Å². The number of anilines is 1. The Morgan fingerprint density at radius 2 is 1.46 bits per heavy atom. The van der Waals surface area contributed by atoms with Gasteiger partial charge < -0.3 is 64.8 Å². The third-order valence-electron chi connectivity index (χ3n) is 14.9. The lowest BCUT2D eigenvalue weighted by atomic mass is 9.85. The number of likely N-dealkylation sites (tertiary alicyclic amines) is 1. The van der Waals surface area contributed by atoms with Gasteiger partial charge in [-0.05, 0) is 117 Å². The lowest BCUT2D eigenvalue weighted by molar-refractivity contribution is -0.144. The second kappa shape index (κ2) is 30.6. The number of pyridine rings is 1. The Morgan fingerprint density at radius 3 is 2.08 bits per heavy atom. The number of aliphatic hydroxyl groups is 1. The molecule has 0 radical (unpaired) electrons. The number of β-amino-alcohol motifs (C(OH)–C–C–N with tert-alkyl or cyclic N) is 1. The first-order valence-electron chi connectivity index (χ1n) is 28.5. The first kappa shape index (κ1) is 63.7. The van der Waals surface area contributed by atoms with Crippen LogP contribution in [0.15, 0.2) is 77.0 Å². The number of ether oxygens (including phenoxy) is 5. The van der Waals surface area contributed by atoms with Crippen molar-refractivity contribution in [2.45, 2.75) is 112 Å². The molecule has 3 atom stereocenters. The summed E-state index contributed by atoms with van der Waals surface area (Å²) in [6.45, 7) is 19.4. The molecule has 2 aromatic heterocycles. The first-order chi connectivity index (χ1) is 39.8. The van der Waals surface area contributed by atoms with E-state index in [1.165, 1.54) is 4.90 Å². The Morgan fingerprint density at radius 1 is 0.807 bits per heavy atom. The number of nitrogens with one attached hydrogen (secondary N) is 5. The highest BCUT2D eigenvalue weighted by Crippen LogP contribution is 2.35. The van der Waals surface area contributed by atoms with Crippen molar-refractivity contribution in [2.75, 3.05) is 90.6 Å². The van der Waals surface area contributed by atoms with E-state index in [1.54, 1.807) is 29.0 Å². The van der Waals surface area contributed by atoms with Crippen molar-refractivity contribution in [3.63, 3.8) is 0 Å². The Hall–Kier alpha value is -6.85. The molecule has 2 fully saturated rings. The molecule has 2 aliphatic heterocycles. The number of aromatic amines is 1. The molecule has 4 heterocycles. The predicted octanol–water partition coefficient (Wildman–Crippen LogP) is 5.94. The standard InChI is InChI=1S/C62H82N8O12S/c1-9-69(48-18-21-78-22-19-48)52-32-47(31-50(41(52)4)58(74)65-35-51-39(2)30-40(3)67-59(51)75)44-14-16-46(17-15-44)57(73)63-20-23-79-24-25-80-26-27-81-28-29-82-37-54(72)68-56(62(6,7)8)61(77)70-36-49(71)33-53(70)60(76)64-34-43-10-12-45(13-11-43)55-42(5)66-38-83-55/h10-17,30-32,38,48-49,53,56,71H,9,18-29,33-37H2,1-8H3,(H,63,73)(H,64,76)(H,65,74)(H,67,75)(H,68,72)/t49-,53+,56-/m1/s1. The quantitative estimate of drug-likeness (QED) is 0.0317. The van der Waals surface area contributed by atoms with Gasteiger partial charge in [0.1, 0.15) is 18.7 Å². The topological polar surface area (TPSA) is 252 Å². The minimum Gasteiger partial charge on any atom is -0.391 e. The van der Waals surface area contributed by atoms with Crippen LogP contribution in [-0.4, -0.2) is 159 Å². The maximum atomic E-state index is 14.0. The number of aromatic nitrogens is 2. The summed E-state index contributed by atoms with van der Waals surface area (Å²) in [5.41, 5.74) is 10.3. The van der Waals surface area contributed by atoms with Gasteiger partial charge in [0, 0.05) is 86.5 Å². The van der Waals surface area contributed by atoms with Crippen molar-refractivity contribution in [2.24, 2.45) is 5.41 Å². The van der Waals surface area contributed by atoms with Crippen molar-refractivity contribution in [1.29, 1.82) is 0 Å². The van der Waals surface area contributed by atoms with Crippen LogP contribution in [0.3, 0.4) is 0 Å². The van der Waals surface area contributed by atoms with Crippen molar-refractivity contribution in [1.82, 2.24) is 36.1 Å². The van der Waals surface area contributed by atoms with E-state index in [2.05, 4.69) is 49.1 Å². The lowest BCUT2D eigenvalue weighted by Gasteiger charge is -2.37. The van der Waals surface area contributed by atoms with E-state index in [-0.39, 0.29) is 95.0 Å². The van der Waals surface area contributed by atoms with Crippen LogP contribution in [0.5, 0.6) is 0 Å². The van der Waals surface area contributed by atoms with E-state index in [4.69, 9.17) is 23.7 Å². The number of carbonyl (C=O) groups is 5. The van der Waals surface area contributed by atoms with Crippen molar-refractivity contribution in [3.05, 3.63) is 127 Å². The van der Waals surface area contributed by atoms with E-state index < -0.39 is 35.4 Å². The van der Waals surface area contributed by atoms with Crippen molar-refractivity contribution in [3.8, 4) is 21.6 Å². The van der Waals surface area contributed by atoms with Gasteiger partial charge in [-0.3, -0.25) is 28.8 Å². The van der Waals surface area contributed by atoms with Crippen LogP contribution >= 0.6 is 11.3 Å². The molecule has 5 amide bonds. The van der Waals surface area contributed by atoms with Gasteiger partial charge in [0.25, 0.3) is 17.4 Å². The Kier molecular flexibility index (Phi) is 23.5. The molecule has 2 aliphatic rings. The second-order valence-electron chi connectivity index (χ2n) is 22.1. The number of carbonyl (C=O) groups excluding carboxylic acids is 5. The molecule has 83 heavy (non-hydrogen) atoms. The molecule has 0 spiro atoms. The number of nitrogens with zero attached hydrogens (tertiary/aromatic N) is 3. The normalized spacial score (nSPS) is 15.9. The predicted molar refractivity (Wildman–Crippen MR) is 318 cm³/mol. The van der Waals surface area contributed by atoms with Gasteiger partial charge in [-0.25, -0.2) is 4.98 Å². The maximum absolute atomic E-state index is 14.0. The highest BCUT2D eigenvalue weighted by Gasteiger charge is 2.44. The van der Waals surface area contributed by atoms with E-state index in [1.807, 2.05) is 97.0 Å². The number of aliphatic hydroxyl groups excluding tert-OH is 1. The molecule has 0 unspecified atom stereocenters. The SMILES string of the molecule is CCN(c1cc(-c2ccc(C(=O)NCCOCCOCCOCCOCC(=O)N[C@H](C(=O)N3C[C@H](O)C[C@H]3C(=O)NCc3ccc(-c4scnc4C)cc3)C(C)(C)C)cc2)cc(C(=O)NCc2c(C)cc(C)[nH]c2=O)c1C)C1CCOCC1. The molecule has 5 aromatic rings. The zero-order valence-corrected chi connectivity index (χ0v) is 50.0. The zero-order chi connectivity index (χ0) is 59.6. The number of benzene rings is 3. The smallest absolute Gasteiger partial charge is 0.253 e. The second-order valence-corrected chi connectivity index (χ2v) is 22.9. The zero-order valence-electron chi connectivity index (χ0n) is 49.2. The molecular weight excluding hydrogens is 1080 g/mol. The molecule has 0 aliphatic carbocycles. The van der Waals surface area contributed by atoms with E-state index >= 15 is 0 Å². The Bertz CT molecular complexity index is 3040. The number of aryl methyl sites for hydroxylation is 3. The molecule has 7 rings (SSSR count). The molecule has 0 saturated carbocycles. The van der Waals surface area contributed by atoms with Gasteiger partial charge in [-0.1, -0.05) is 57.2 Å². The van der Waals surface area contributed by atoms with Crippen LogP contribution in [0, 0.1) is 33.1 Å². The Balaban J connectivity index is 0.772. The number of hydrogen-bond donors (Lipinski definition) is 6. The highest BCUT2D eigenvalue weighted by atomic mass is 32.1. The summed E-state index contributed by atoms with van der Waals surface area (Å²) >= 11 is 1.57. The van der Waals surface area contributed by atoms with Gasteiger partial charge in [-0.2, -0.15) is 0 Å². The van der Waals surface area contributed by atoms with Crippen LogP contribution < -0.4 is 31.7 Å². The minimum atomic E-state index is -0.987. The van der Waals surface area contributed by atoms with E-state index in [9.17, 15) is 33.9 Å². The number of thiazole rings is 1. The summed E-state index contributed by atoms with van der Waals surface area (Å²) < 4.78 is 28.1. The number of H-pyrrole nitrogens is 1. The summed E-state index contributed by atoms with van der Waals surface area (Å²) in [7, 11) is 0. The van der Waals surface area contributed by atoms with Gasteiger partial charge in [0.05, 0.1) is 68.4 Å². The van der Waals surface area contributed by atoms with Crippen LogP contribution in [-0.2, 0) is 51.2 Å². The van der Waals surface area contributed by atoms with Crippen LogP contribution in [0.2, 0.25) is 0 Å². The molecule has 20 nitrogen and oxygen atoms in total. The maximum Gasteiger partial charge on any atom is 0.253 e. The summed E-state index contributed by atoms with van der Waals surface area (Å²) in [5, 5.41) is 22.2. The average molecular weight is 1160 g/mol. The first-order valence-corrected chi connectivity index (χ1v) is 29.4. The molecule has 448 valence electrons. The summed E-state index contributed by atoms with van der Waals surface area (Å²) in [6.07, 6.45) is 0.945. The summed E-state index contributed by atoms with van der Waals surface area (Å²) in [5.74, 6) is -1.88. The largest absolute Gasteiger partial charge is 0.391 e. The third kappa shape index (κ3) is 17.8.